The molecule has 3 rings (SSSR count). The Hall–Kier alpha value is -2.96. The molecule has 7 nitrogen and oxygen atoms in total. The van der Waals surface area contributed by atoms with Crippen LogP contribution in [0.2, 0.25) is 0 Å². The molecule has 7 heteroatoms. The number of hydrogen-bond acceptors (Lipinski definition) is 5. The van der Waals surface area contributed by atoms with Crippen molar-refractivity contribution in [3.8, 4) is 0 Å². The Morgan fingerprint density at radius 3 is 2.65 bits per heavy atom. The largest absolute Gasteiger partial charge is 0.373 e. The number of piperidine rings is 1. The van der Waals surface area contributed by atoms with Gasteiger partial charge in [0.15, 0.2) is 0 Å². The molecule has 0 spiro atoms. The molecule has 2 aromatic rings. The van der Waals surface area contributed by atoms with E-state index in [0.29, 0.717) is 43.9 Å². The van der Waals surface area contributed by atoms with Crippen molar-refractivity contribution in [3.05, 3.63) is 54.0 Å². The van der Waals surface area contributed by atoms with Crippen molar-refractivity contribution in [2.45, 2.75) is 19.4 Å². The van der Waals surface area contributed by atoms with Gasteiger partial charge >= 0.3 is 0 Å². The van der Waals surface area contributed by atoms with Crippen LogP contribution in [0.15, 0.2) is 42.7 Å². The predicted molar refractivity (Wildman–Crippen MR) is 98.5 cm³/mol. The van der Waals surface area contributed by atoms with Gasteiger partial charge in [-0.1, -0.05) is 6.07 Å². The molecular weight excluding hydrogens is 330 g/mol. The number of aromatic nitrogens is 2. The number of rotatable bonds is 5. The van der Waals surface area contributed by atoms with Gasteiger partial charge < -0.3 is 15.5 Å². The molecule has 2 aromatic heterocycles. The normalized spacial score (nSPS) is 14.7. The average molecular weight is 353 g/mol. The molecule has 0 saturated carbocycles. The molecule has 0 unspecified atom stereocenters. The number of likely N-dealkylation sites (tertiary alicyclic amines) is 1. The fourth-order valence-corrected chi connectivity index (χ4v) is 3.05. The summed E-state index contributed by atoms with van der Waals surface area (Å²) >= 11 is 0. The van der Waals surface area contributed by atoms with Crippen LogP contribution in [-0.4, -0.2) is 46.8 Å². The number of anilines is 1. The van der Waals surface area contributed by atoms with Gasteiger partial charge in [-0.25, -0.2) is 4.98 Å². The monoisotopic (exact) mass is 353 g/mol. The summed E-state index contributed by atoms with van der Waals surface area (Å²) in [5.41, 5.74) is 1.45. The Morgan fingerprint density at radius 1 is 1.15 bits per heavy atom. The lowest BCUT2D eigenvalue weighted by Gasteiger charge is -2.31. The number of nitrogens with zero attached hydrogens (tertiary/aromatic N) is 3. The molecule has 0 radical (unpaired) electrons. The van der Waals surface area contributed by atoms with E-state index in [2.05, 4.69) is 20.6 Å². The van der Waals surface area contributed by atoms with E-state index < -0.39 is 0 Å². The summed E-state index contributed by atoms with van der Waals surface area (Å²) in [5, 5.41) is 5.87. The standard InChI is InChI=1S/C19H23N5O2/c1-20-17-12-15(5-9-22-17)19(26)24-10-6-14(7-11-24)18(25)23-13-16-4-2-3-8-21-16/h2-5,8-9,12,14H,6-7,10-11,13H2,1H3,(H,20,22)(H,23,25). The smallest absolute Gasteiger partial charge is 0.254 e. The maximum absolute atomic E-state index is 12.6. The molecule has 1 aliphatic heterocycles. The lowest BCUT2D eigenvalue weighted by molar-refractivity contribution is -0.126. The van der Waals surface area contributed by atoms with Gasteiger partial charge in [-0.2, -0.15) is 0 Å². The summed E-state index contributed by atoms with van der Waals surface area (Å²) < 4.78 is 0. The molecule has 3 heterocycles. The SMILES string of the molecule is CNc1cc(C(=O)N2CCC(C(=O)NCc3ccccn3)CC2)ccn1. The minimum Gasteiger partial charge on any atom is -0.373 e. The first-order valence-corrected chi connectivity index (χ1v) is 8.78. The van der Waals surface area contributed by atoms with E-state index in [4.69, 9.17) is 0 Å². The third-order valence-electron chi connectivity index (χ3n) is 4.59. The highest BCUT2D eigenvalue weighted by molar-refractivity contribution is 5.95. The van der Waals surface area contributed by atoms with Crippen LogP contribution in [0, 0.1) is 5.92 Å². The van der Waals surface area contributed by atoms with Gasteiger partial charge in [-0.15, -0.1) is 0 Å². The molecule has 0 aliphatic carbocycles. The van der Waals surface area contributed by atoms with Crippen molar-refractivity contribution in [1.29, 1.82) is 0 Å². The van der Waals surface area contributed by atoms with E-state index in [1.807, 2.05) is 18.2 Å². The molecular formula is C19H23N5O2. The lowest BCUT2D eigenvalue weighted by atomic mass is 9.95. The van der Waals surface area contributed by atoms with Gasteiger partial charge in [0, 0.05) is 44.0 Å². The van der Waals surface area contributed by atoms with Crippen LogP contribution in [0.3, 0.4) is 0 Å². The van der Waals surface area contributed by atoms with E-state index in [-0.39, 0.29) is 17.7 Å². The van der Waals surface area contributed by atoms with Crippen molar-refractivity contribution in [2.24, 2.45) is 5.92 Å². The molecule has 0 atom stereocenters. The first-order chi connectivity index (χ1) is 12.7. The fraction of sp³-hybridized carbons (Fsp3) is 0.368. The van der Waals surface area contributed by atoms with Crippen LogP contribution in [0.5, 0.6) is 0 Å². The van der Waals surface area contributed by atoms with Crippen LogP contribution in [0.1, 0.15) is 28.9 Å². The second-order valence-corrected chi connectivity index (χ2v) is 6.29. The van der Waals surface area contributed by atoms with E-state index >= 15 is 0 Å². The average Bonchev–Trinajstić information content (AvgIpc) is 2.72. The molecule has 0 bridgehead atoms. The Labute approximate surface area is 152 Å². The Morgan fingerprint density at radius 2 is 1.96 bits per heavy atom. The number of pyridine rings is 2. The van der Waals surface area contributed by atoms with Crippen molar-refractivity contribution in [1.82, 2.24) is 20.2 Å². The quantitative estimate of drug-likeness (QED) is 0.854. The van der Waals surface area contributed by atoms with Gasteiger partial charge in [-0.3, -0.25) is 14.6 Å². The van der Waals surface area contributed by atoms with Crippen LogP contribution in [-0.2, 0) is 11.3 Å². The van der Waals surface area contributed by atoms with E-state index in [9.17, 15) is 9.59 Å². The molecule has 136 valence electrons. The molecule has 1 aliphatic rings. The second-order valence-electron chi connectivity index (χ2n) is 6.29. The third kappa shape index (κ3) is 4.36. The lowest BCUT2D eigenvalue weighted by Crippen LogP contribution is -2.43. The van der Waals surface area contributed by atoms with Crippen LogP contribution in [0.4, 0.5) is 5.82 Å². The second kappa shape index (κ2) is 8.42. The van der Waals surface area contributed by atoms with Crippen molar-refractivity contribution < 1.29 is 9.59 Å². The highest BCUT2D eigenvalue weighted by Crippen LogP contribution is 2.20. The summed E-state index contributed by atoms with van der Waals surface area (Å²) in [6.07, 6.45) is 4.68. The molecule has 2 amide bonds. The third-order valence-corrected chi connectivity index (χ3v) is 4.59. The van der Waals surface area contributed by atoms with Gasteiger partial charge in [-0.05, 0) is 37.1 Å². The molecule has 1 saturated heterocycles. The van der Waals surface area contributed by atoms with Crippen molar-refractivity contribution >= 4 is 17.6 Å². The van der Waals surface area contributed by atoms with Gasteiger partial charge in [0.2, 0.25) is 5.91 Å². The molecule has 1 fully saturated rings. The van der Waals surface area contributed by atoms with Crippen LogP contribution in [0.25, 0.3) is 0 Å². The number of hydrogen-bond donors (Lipinski definition) is 2. The first kappa shape index (κ1) is 17.8. The van der Waals surface area contributed by atoms with Gasteiger partial charge in [0.05, 0.1) is 12.2 Å². The molecule has 2 N–H and O–H groups in total. The van der Waals surface area contributed by atoms with Crippen LogP contribution >= 0.6 is 0 Å². The van der Waals surface area contributed by atoms with Gasteiger partial charge in [0.25, 0.3) is 5.91 Å². The number of carbonyl (C=O) groups is 2. The van der Waals surface area contributed by atoms with E-state index in [0.717, 1.165) is 5.69 Å². The van der Waals surface area contributed by atoms with E-state index in [1.165, 1.54) is 0 Å². The Kier molecular flexibility index (Phi) is 5.78. The summed E-state index contributed by atoms with van der Waals surface area (Å²) in [6.45, 7) is 1.60. The highest BCUT2D eigenvalue weighted by Gasteiger charge is 2.27. The van der Waals surface area contributed by atoms with Gasteiger partial charge in [0.1, 0.15) is 5.82 Å². The zero-order valence-corrected chi connectivity index (χ0v) is 14.8. The maximum Gasteiger partial charge on any atom is 0.254 e. The first-order valence-electron chi connectivity index (χ1n) is 8.78. The van der Waals surface area contributed by atoms with Crippen molar-refractivity contribution in [2.75, 3.05) is 25.5 Å². The zero-order chi connectivity index (χ0) is 18.4. The Balaban J connectivity index is 1.50. The minimum absolute atomic E-state index is 0.0174. The zero-order valence-electron chi connectivity index (χ0n) is 14.8. The molecule has 26 heavy (non-hydrogen) atoms. The summed E-state index contributed by atoms with van der Waals surface area (Å²) in [7, 11) is 1.77. The summed E-state index contributed by atoms with van der Waals surface area (Å²) in [4.78, 5) is 35.1. The maximum atomic E-state index is 12.6. The Bertz CT molecular complexity index is 758. The predicted octanol–water partition coefficient (Wildman–Crippen LogP) is 1.69. The number of amides is 2. The summed E-state index contributed by atoms with van der Waals surface area (Å²) in [5.74, 6) is 0.619. The highest BCUT2D eigenvalue weighted by atomic mass is 16.2. The fourth-order valence-electron chi connectivity index (χ4n) is 3.05. The number of carbonyl (C=O) groups excluding carboxylic acids is 2. The molecule has 0 aromatic carbocycles. The van der Waals surface area contributed by atoms with Crippen molar-refractivity contribution in [3.63, 3.8) is 0 Å². The van der Waals surface area contributed by atoms with Crippen LogP contribution < -0.4 is 10.6 Å². The van der Waals surface area contributed by atoms with E-state index in [1.54, 1.807) is 36.5 Å². The topological polar surface area (TPSA) is 87.2 Å². The number of nitrogens with one attached hydrogen (secondary N) is 2. The minimum atomic E-state index is -0.0620. The summed E-state index contributed by atoms with van der Waals surface area (Å²) in [6, 6.07) is 9.09.